The first kappa shape index (κ1) is 17.7. The Bertz CT molecular complexity index is 1250. The average molecular weight is 395 g/mol. The number of alkyl halides is 3. The molecule has 1 aromatic carbocycles. The third-order valence-electron chi connectivity index (χ3n) is 4.54. The van der Waals surface area contributed by atoms with E-state index in [1.807, 2.05) is 0 Å². The Kier molecular flexibility index (Phi) is 3.89. The van der Waals surface area contributed by atoms with Crippen LogP contribution in [0.5, 0.6) is 0 Å². The highest BCUT2D eigenvalue weighted by Crippen LogP contribution is 2.40. The van der Waals surface area contributed by atoms with Crippen molar-refractivity contribution in [1.82, 2.24) is 9.55 Å². The molecule has 0 aliphatic carbocycles. The number of halogens is 4. The summed E-state index contributed by atoms with van der Waals surface area (Å²) in [7, 11) is 0. The van der Waals surface area contributed by atoms with E-state index in [1.165, 1.54) is 10.6 Å². The molecule has 0 radical (unpaired) electrons. The number of H-pyrrole nitrogens is 1. The highest BCUT2D eigenvalue weighted by atomic mass is 35.5. The number of nitrogens with zero attached hydrogens (tertiary/aromatic N) is 1. The Labute approximate surface area is 156 Å². The van der Waals surface area contributed by atoms with Gasteiger partial charge in [0.15, 0.2) is 5.76 Å². The van der Waals surface area contributed by atoms with Crippen LogP contribution in [-0.2, 0) is 6.54 Å². The minimum Gasteiger partial charge on any atom is -0.460 e. The molecule has 0 saturated heterocycles. The van der Waals surface area contributed by atoms with Crippen molar-refractivity contribution in [2.24, 2.45) is 0 Å². The molecule has 0 unspecified atom stereocenters. The normalized spacial score (nSPS) is 12.4. The number of hydrogen-bond donors (Lipinski definition) is 1. The Balaban J connectivity index is 2.18. The molecule has 4 nitrogen and oxygen atoms in total. The van der Waals surface area contributed by atoms with Crippen molar-refractivity contribution in [3.63, 3.8) is 0 Å². The van der Waals surface area contributed by atoms with E-state index in [1.54, 1.807) is 38.1 Å². The zero-order chi connectivity index (χ0) is 19.5. The third-order valence-corrected chi connectivity index (χ3v) is 4.84. The zero-order valence-electron chi connectivity index (χ0n) is 14.4. The van der Waals surface area contributed by atoms with Gasteiger partial charge in [0.25, 0.3) is 0 Å². The lowest BCUT2D eigenvalue weighted by atomic mass is 10.1. The van der Waals surface area contributed by atoms with Crippen molar-refractivity contribution >= 4 is 33.4 Å². The molecule has 0 atom stereocenters. The number of pyridine rings is 1. The molecule has 0 saturated carbocycles. The van der Waals surface area contributed by atoms with Gasteiger partial charge in [-0.15, -0.1) is 0 Å². The van der Waals surface area contributed by atoms with Crippen LogP contribution < -0.4 is 5.56 Å². The van der Waals surface area contributed by atoms with E-state index in [4.69, 9.17) is 16.0 Å². The smallest absolute Gasteiger partial charge is 0.406 e. The van der Waals surface area contributed by atoms with Crippen molar-refractivity contribution in [2.45, 2.75) is 26.6 Å². The van der Waals surface area contributed by atoms with Gasteiger partial charge in [0.2, 0.25) is 5.56 Å². The number of fused-ring (bicyclic) bond motifs is 3. The molecule has 0 amide bonds. The first-order valence-corrected chi connectivity index (χ1v) is 8.51. The van der Waals surface area contributed by atoms with Crippen LogP contribution in [-0.4, -0.2) is 15.7 Å². The van der Waals surface area contributed by atoms with Crippen molar-refractivity contribution < 1.29 is 17.6 Å². The van der Waals surface area contributed by atoms with Crippen LogP contribution in [0.3, 0.4) is 0 Å². The van der Waals surface area contributed by atoms with Gasteiger partial charge in [0, 0.05) is 22.4 Å². The lowest BCUT2D eigenvalue weighted by molar-refractivity contribution is -0.139. The first-order chi connectivity index (χ1) is 12.7. The summed E-state index contributed by atoms with van der Waals surface area (Å²) in [6.45, 7) is 2.29. The molecule has 8 heteroatoms. The summed E-state index contributed by atoms with van der Waals surface area (Å²) in [4.78, 5) is 14.4. The maximum absolute atomic E-state index is 13.3. The summed E-state index contributed by atoms with van der Waals surface area (Å²) in [5.41, 5.74) is 1.40. The molecule has 4 rings (SSSR count). The molecule has 1 N–H and O–H groups in total. The predicted molar refractivity (Wildman–Crippen MR) is 98.3 cm³/mol. The Morgan fingerprint density at radius 2 is 1.89 bits per heavy atom. The molecule has 0 bridgehead atoms. The second kappa shape index (κ2) is 5.92. The topological polar surface area (TPSA) is 50.9 Å². The fourth-order valence-corrected chi connectivity index (χ4v) is 3.86. The first-order valence-electron chi connectivity index (χ1n) is 8.13. The van der Waals surface area contributed by atoms with Crippen LogP contribution in [0.2, 0.25) is 5.02 Å². The molecule has 3 aromatic heterocycles. The monoisotopic (exact) mass is 394 g/mol. The number of aromatic amines is 1. The van der Waals surface area contributed by atoms with E-state index < -0.39 is 12.7 Å². The zero-order valence-corrected chi connectivity index (χ0v) is 15.1. The van der Waals surface area contributed by atoms with E-state index in [-0.39, 0.29) is 10.6 Å². The van der Waals surface area contributed by atoms with E-state index >= 15 is 0 Å². The van der Waals surface area contributed by atoms with Crippen LogP contribution in [0.4, 0.5) is 13.2 Å². The van der Waals surface area contributed by atoms with E-state index in [2.05, 4.69) is 4.98 Å². The minimum atomic E-state index is -4.42. The number of furan rings is 1. The molecule has 0 aliphatic heterocycles. The standard InChI is InChI=1S/C19H14ClF3N2O2/c1-9-3-6-14(27-9)18-10(2)16-13(25(18)8-19(21,22)23)5-4-12-17(16)11(20)7-15(26)24-12/h3-7H,8H2,1-2H3,(H,24,26). The van der Waals surface area contributed by atoms with Crippen LogP contribution in [0.25, 0.3) is 33.3 Å². The molecule has 4 aromatic rings. The Morgan fingerprint density at radius 1 is 1.15 bits per heavy atom. The molecule has 3 heterocycles. The highest BCUT2D eigenvalue weighted by Gasteiger charge is 2.32. The summed E-state index contributed by atoms with van der Waals surface area (Å²) in [5, 5.41) is 1.26. The summed E-state index contributed by atoms with van der Waals surface area (Å²) in [6.07, 6.45) is -4.42. The number of aryl methyl sites for hydroxylation is 2. The molecular formula is C19H14ClF3N2O2. The lowest BCUT2D eigenvalue weighted by Crippen LogP contribution is -2.18. The van der Waals surface area contributed by atoms with Crippen LogP contribution in [0.1, 0.15) is 11.3 Å². The maximum atomic E-state index is 13.3. The van der Waals surface area contributed by atoms with Gasteiger partial charge in [0.05, 0.1) is 16.2 Å². The fraction of sp³-hybridized carbons (Fsp3) is 0.211. The molecular weight excluding hydrogens is 381 g/mol. The second-order valence-electron chi connectivity index (χ2n) is 6.45. The third kappa shape index (κ3) is 2.92. The maximum Gasteiger partial charge on any atom is 0.406 e. The number of nitrogens with one attached hydrogen (secondary N) is 1. The predicted octanol–water partition coefficient (Wildman–Crippen LogP) is 5.58. The van der Waals surface area contributed by atoms with Crippen LogP contribution >= 0.6 is 11.6 Å². The second-order valence-corrected chi connectivity index (χ2v) is 6.86. The molecule has 0 aliphatic rings. The fourth-order valence-electron chi connectivity index (χ4n) is 3.57. The van der Waals surface area contributed by atoms with E-state index in [0.717, 1.165) is 0 Å². The lowest BCUT2D eigenvalue weighted by Gasteiger charge is -2.13. The molecule has 0 fully saturated rings. The van der Waals surface area contributed by atoms with Gasteiger partial charge in [-0.1, -0.05) is 11.6 Å². The summed E-state index contributed by atoms with van der Waals surface area (Å²) in [6, 6.07) is 7.69. The number of hydrogen-bond acceptors (Lipinski definition) is 2. The highest BCUT2D eigenvalue weighted by molar-refractivity contribution is 6.37. The quantitative estimate of drug-likeness (QED) is 0.483. The van der Waals surface area contributed by atoms with Crippen molar-refractivity contribution in [3.8, 4) is 11.5 Å². The van der Waals surface area contributed by atoms with Gasteiger partial charge in [0.1, 0.15) is 12.3 Å². The van der Waals surface area contributed by atoms with Gasteiger partial charge in [-0.2, -0.15) is 13.2 Å². The van der Waals surface area contributed by atoms with Gasteiger partial charge < -0.3 is 14.0 Å². The van der Waals surface area contributed by atoms with Gasteiger partial charge >= 0.3 is 6.18 Å². The van der Waals surface area contributed by atoms with E-state index in [0.29, 0.717) is 44.6 Å². The molecule has 0 spiro atoms. The number of benzene rings is 1. The summed E-state index contributed by atoms with van der Waals surface area (Å²) < 4.78 is 46.7. The van der Waals surface area contributed by atoms with Crippen LogP contribution in [0, 0.1) is 13.8 Å². The summed E-state index contributed by atoms with van der Waals surface area (Å²) >= 11 is 6.28. The van der Waals surface area contributed by atoms with Crippen molar-refractivity contribution in [3.05, 3.63) is 57.0 Å². The molecule has 27 heavy (non-hydrogen) atoms. The van der Waals surface area contributed by atoms with Crippen molar-refractivity contribution in [1.29, 1.82) is 0 Å². The SMILES string of the molecule is Cc1ccc(-c2c(C)c3c4c(Cl)cc(=O)[nH]c4ccc3n2CC(F)(F)F)o1. The molecule has 140 valence electrons. The summed E-state index contributed by atoms with van der Waals surface area (Å²) in [5.74, 6) is 0.944. The Hall–Kier alpha value is -2.67. The largest absolute Gasteiger partial charge is 0.460 e. The van der Waals surface area contributed by atoms with Crippen molar-refractivity contribution in [2.75, 3.05) is 0 Å². The number of aromatic nitrogens is 2. The average Bonchev–Trinajstić information content (AvgIpc) is 3.07. The van der Waals surface area contributed by atoms with E-state index in [9.17, 15) is 18.0 Å². The number of rotatable bonds is 2. The minimum absolute atomic E-state index is 0.189. The van der Waals surface area contributed by atoms with Gasteiger partial charge in [-0.25, -0.2) is 0 Å². The van der Waals surface area contributed by atoms with Crippen LogP contribution in [0.15, 0.2) is 39.5 Å². The Morgan fingerprint density at radius 3 is 2.52 bits per heavy atom. The van der Waals surface area contributed by atoms with Gasteiger partial charge in [-0.05, 0) is 43.7 Å². The van der Waals surface area contributed by atoms with Gasteiger partial charge in [-0.3, -0.25) is 4.79 Å².